The highest BCUT2D eigenvalue weighted by molar-refractivity contribution is 5.66. The van der Waals surface area contributed by atoms with E-state index in [0.717, 1.165) is 42.4 Å². The van der Waals surface area contributed by atoms with Crippen LogP contribution in [0.25, 0.3) is 0 Å². The highest BCUT2D eigenvalue weighted by Crippen LogP contribution is 2.62. The van der Waals surface area contributed by atoms with E-state index in [-0.39, 0.29) is 0 Å². The van der Waals surface area contributed by atoms with Crippen molar-refractivity contribution < 1.29 is 9.90 Å². The van der Waals surface area contributed by atoms with Crippen LogP contribution in [0.3, 0.4) is 0 Å². The maximum absolute atomic E-state index is 10.4. The molecule has 0 aromatic heterocycles. The Morgan fingerprint density at radius 1 is 0.900 bits per heavy atom. The number of unbranched alkanes of at least 4 members (excludes halogenated alkanes) is 4. The summed E-state index contributed by atoms with van der Waals surface area (Å²) < 4.78 is 0. The van der Waals surface area contributed by atoms with Gasteiger partial charge in [-0.1, -0.05) is 44.9 Å². The van der Waals surface area contributed by atoms with Gasteiger partial charge in [-0.3, -0.25) is 4.79 Å². The zero-order valence-electron chi connectivity index (χ0n) is 12.7. The van der Waals surface area contributed by atoms with Crippen LogP contribution in [-0.4, -0.2) is 11.1 Å². The van der Waals surface area contributed by atoms with E-state index in [2.05, 4.69) is 0 Å². The van der Waals surface area contributed by atoms with Crippen molar-refractivity contribution in [3.8, 4) is 0 Å². The summed E-state index contributed by atoms with van der Waals surface area (Å²) in [5, 5.41) is 8.58. The summed E-state index contributed by atoms with van der Waals surface area (Å²) in [6, 6.07) is 0. The molecule has 0 radical (unpaired) electrons. The SMILES string of the molecule is O=C(O)CCCCCCCC1CC2C3CCCC3CC12. The molecule has 3 aliphatic rings. The van der Waals surface area contributed by atoms with Gasteiger partial charge in [-0.2, -0.15) is 0 Å². The first-order valence-electron chi connectivity index (χ1n) is 8.97. The first-order chi connectivity index (χ1) is 9.75. The summed E-state index contributed by atoms with van der Waals surface area (Å²) in [6.07, 6.45) is 15.4. The highest BCUT2D eigenvalue weighted by Gasteiger charge is 2.53. The van der Waals surface area contributed by atoms with Gasteiger partial charge in [0, 0.05) is 6.42 Å². The number of aliphatic carboxylic acids is 1. The molecule has 114 valence electrons. The number of fused-ring (bicyclic) bond motifs is 3. The van der Waals surface area contributed by atoms with Crippen LogP contribution in [0.2, 0.25) is 0 Å². The molecule has 20 heavy (non-hydrogen) atoms. The average Bonchev–Trinajstić information content (AvgIpc) is 2.93. The highest BCUT2D eigenvalue weighted by atomic mass is 16.4. The van der Waals surface area contributed by atoms with Crippen molar-refractivity contribution in [2.24, 2.45) is 29.6 Å². The molecule has 0 saturated heterocycles. The van der Waals surface area contributed by atoms with Crippen molar-refractivity contribution >= 4 is 5.97 Å². The van der Waals surface area contributed by atoms with E-state index in [9.17, 15) is 4.79 Å². The number of carboxylic acids is 1. The molecule has 0 aromatic rings. The maximum atomic E-state index is 10.4. The number of rotatable bonds is 8. The van der Waals surface area contributed by atoms with Crippen LogP contribution in [0.1, 0.15) is 77.0 Å². The number of hydrogen-bond acceptors (Lipinski definition) is 1. The second-order valence-electron chi connectivity index (χ2n) is 7.61. The van der Waals surface area contributed by atoms with Crippen LogP contribution in [0.5, 0.6) is 0 Å². The van der Waals surface area contributed by atoms with Gasteiger partial charge in [0.1, 0.15) is 0 Å². The second kappa shape index (κ2) is 6.49. The molecular weight excluding hydrogens is 248 g/mol. The zero-order valence-corrected chi connectivity index (χ0v) is 12.7. The second-order valence-corrected chi connectivity index (χ2v) is 7.61. The van der Waals surface area contributed by atoms with Crippen molar-refractivity contribution in [3.63, 3.8) is 0 Å². The maximum Gasteiger partial charge on any atom is 0.303 e. The molecule has 3 rings (SSSR count). The summed E-state index contributed by atoms with van der Waals surface area (Å²) in [4.78, 5) is 10.4. The normalized spacial score (nSPS) is 38.3. The van der Waals surface area contributed by atoms with Gasteiger partial charge in [-0.15, -0.1) is 0 Å². The molecular formula is C18H30O2. The van der Waals surface area contributed by atoms with Crippen LogP contribution >= 0.6 is 0 Å². The Morgan fingerprint density at radius 3 is 2.55 bits per heavy atom. The van der Waals surface area contributed by atoms with Crippen LogP contribution in [0.15, 0.2) is 0 Å². The van der Waals surface area contributed by atoms with E-state index in [0.29, 0.717) is 6.42 Å². The van der Waals surface area contributed by atoms with Crippen molar-refractivity contribution in [1.82, 2.24) is 0 Å². The molecule has 5 atom stereocenters. The fourth-order valence-corrected chi connectivity index (χ4v) is 5.53. The van der Waals surface area contributed by atoms with Gasteiger partial charge in [-0.05, 0) is 55.3 Å². The van der Waals surface area contributed by atoms with E-state index < -0.39 is 5.97 Å². The van der Waals surface area contributed by atoms with Gasteiger partial charge in [0.15, 0.2) is 0 Å². The number of carboxylic acid groups (broad SMARTS) is 1. The molecule has 0 aromatic carbocycles. The molecule has 0 aliphatic heterocycles. The van der Waals surface area contributed by atoms with Crippen LogP contribution in [0, 0.1) is 29.6 Å². The van der Waals surface area contributed by atoms with Gasteiger partial charge >= 0.3 is 5.97 Å². The van der Waals surface area contributed by atoms with E-state index >= 15 is 0 Å². The summed E-state index contributed by atoms with van der Waals surface area (Å²) in [6.45, 7) is 0. The number of carbonyl (C=O) groups is 1. The van der Waals surface area contributed by atoms with E-state index in [1.54, 1.807) is 19.3 Å². The minimum atomic E-state index is -0.641. The lowest BCUT2D eigenvalue weighted by atomic mass is 9.62. The first kappa shape index (κ1) is 14.4. The third-order valence-corrected chi connectivity index (χ3v) is 6.54. The molecule has 0 amide bonds. The summed E-state index contributed by atoms with van der Waals surface area (Å²) >= 11 is 0. The molecule has 2 nitrogen and oxygen atoms in total. The topological polar surface area (TPSA) is 37.3 Å². The average molecular weight is 278 g/mol. The third-order valence-electron chi connectivity index (χ3n) is 6.54. The van der Waals surface area contributed by atoms with Crippen molar-refractivity contribution in [2.45, 2.75) is 77.0 Å². The summed E-state index contributed by atoms with van der Waals surface area (Å²) in [5.74, 6) is 4.90. The molecule has 0 heterocycles. The molecule has 2 heteroatoms. The Bertz CT molecular complexity index is 338. The van der Waals surface area contributed by atoms with E-state index in [1.807, 2.05) is 0 Å². The Kier molecular flexibility index (Phi) is 4.68. The standard InChI is InChI=1S/C18H30O2/c19-18(20)10-5-3-1-2-4-7-14-12-17-15-9-6-8-13(15)11-16(14)17/h13-17H,1-12H2,(H,19,20). The minimum absolute atomic E-state index is 0.356. The van der Waals surface area contributed by atoms with Crippen LogP contribution < -0.4 is 0 Å². The Hall–Kier alpha value is -0.530. The molecule has 3 saturated carbocycles. The first-order valence-corrected chi connectivity index (χ1v) is 8.97. The molecule has 3 fully saturated rings. The van der Waals surface area contributed by atoms with E-state index in [4.69, 9.17) is 5.11 Å². The summed E-state index contributed by atoms with van der Waals surface area (Å²) in [5.41, 5.74) is 0. The molecule has 1 N–H and O–H groups in total. The van der Waals surface area contributed by atoms with Gasteiger partial charge in [0.25, 0.3) is 0 Å². The third kappa shape index (κ3) is 3.04. The van der Waals surface area contributed by atoms with Gasteiger partial charge in [0.05, 0.1) is 0 Å². The lowest BCUT2D eigenvalue weighted by molar-refractivity contribution is -0.137. The quantitative estimate of drug-likeness (QED) is 0.643. The van der Waals surface area contributed by atoms with Crippen molar-refractivity contribution in [1.29, 1.82) is 0 Å². The fourth-order valence-electron chi connectivity index (χ4n) is 5.53. The predicted molar refractivity (Wildman–Crippen MR) is 80.5 cm³/mol. The van der Waals surface area contributed by atoms with E-state index in [1.165, 1.54) is 38.5 Å². The minimum Gasteiger partial charge on any atom is -0.481 e. The zero-order chi connectivity index (χ0) is 13.9. The van der Waals surface area contributed by atoms with Gasteiger partial charge in [-0.25, -0.2) is 0 Å². The number of hydrogen-bond donors (Lipinski definition) is 1. The lowest BCUT2D eigenvalue weighted by Gasteiger charge is -2.43. The largest absolute Gasteiger partial charge is 0.481 e. The fraction of sp³-hybridized carbons (Fsp3) is 0.944. The predicted octanol–water partition coefficient (Wildman–Crippen LogP) is 4.87. The Labute approximate surface area is 123 Å². The molecule has 0 spiro atoms. The molecule has 3 aliphatic carbocycles. The van der Waals surface area contributed by atoms with Gasteiger partial charge < -0.3 is 5.11 Å². The summed E-state index contributed by atoms with van der Waals surface area (Å²) in [7, 11) is 0. The molecule has 0 bridgehead atoms. The van der Waals surface area contributed by atoms with Gasteiger partial charge in [0.2, 0.25) is 0 Å². The Morgan fingerprint density at radius 2 is 1.70 bits per heavy atom. The van der Waals surface area contributed by atoms with Crippen molar-refractivity contribution in [3.05, 3.63) is 0 Å². The smallest absolute Gasteiger partial charge is 0.303 e. The van der Waals surface area contributed by atoms with Crippen LogP contribution in [0.4, 0.5) is 0 Å². The lowest BCUT2D eigenvalue weighted by Crippen LogP contribution is -2.35. The monoisotopic (exact) mass is 278 g/mol. The molecule has 5 unspecified atom stereocenters. The van der Waals surface area contributed by atoms with Crippen molar-refractivity contribution in [2.75, 3.05) is 0 Å². The van der Waals surface area contributed by atoms with Crippen LogP contribution in [-0.2, 0) is 4.79 Å². The Balaban J connectivity index is 1.24.